The van der Waals surface area contributed by atoms with Gasteiger partial charge in [-0.25, -0.2) is 4.98 Å². The fourth-order valence-electron chi connectivity index (χ4n) is 1.52. The number of rotatable bonds is 4. The van der Waals surface area contributed by atoms with Gasteiger partial charge < -0.3 is 10.6 Å². The van der Waals surface area contributed by atoms with Crippen LogP contribution < -0.4 is 10.6 Å². The van der Waals surface area contributed by atoms with Gasteiger partial charge in [-0.2, -0.15) is 4.98 Å². The molecule has 0 bridgehead atoms. The Balaban J connectivity index is 2.26. The molecule has 0 aliphatic carbocycles. The van der Waals surface area contributed by atoms with Crippen LogP contribution in [-0.4, -0.2) is 16.5 Å². The highest BCUT2D eigenvalue weighted by atomic mass is 35.5. The Labute approximate surface area is 122 Å². The number of halogens is 2. The van der Waals surface area contributed by atoms with Crippen molar-refractivity contribution in [2.24, 2.45) is 0 Å². The lowest BCUT2D eigenvalue weighted by Crippen LogP contribution is -2.05. The molecule has 0 fully saturated rings. The average molecular weight is 297 g/mol. The standard InChI is InChI=1S/C13H14Cl2N4/c1-3-16-13-17-7-8(2)12(19-13)18-9-4-5-10(14)11(15)6-9/h4-7H,3H2,1-2H3,(H2,16,17,18,19). The molecule has 0 unspecified atom stereocenters. The lowest BCUT2D eigenvalue weighted by atomic mass is 10.3. The van der Waals surface area contributed by atoms with Crippen LogP contribution in [0.1, 0.15) is 12.5 Å². The molecule has 1 heterocycles. The normalized spacial score (nSPS) is 10.3. The molecule has 0 aliphatic rings. The summed E-state index contributed by atoms with van der Waals surface area (Å²) in [5.41, 5.74) is 1.78. The molecule has 1 aromatic carbocycles. The van der Waals surface area contributed by atoms with Crippen LogP contribution in [0.3, 0.4) is 0 Å². The van der Waals surface area contributed by atoms with Crippen LogP contribution in [0.15, 0.2) is 24.4 Å². The van der Waals surface area contributed by atoms with Crippen molar-refractivity contribution in [3.63, 3.8) is 0 Å². The third kappa shape index (κ3) is 3.49. The predicted molar refractivity (Wildman–Crippen MR) is 80.7 cm³/mol. The fourth-order valence-corrected chi connectivity index (χ4v) is 1.82. The van der Waals surface area contributed by atoms with E-state index in [4.69, 9.17) is 23.2 Å². The second kappa shape index (κ2) is 6.08. The van der Waals surface area contributed by atoms with Gasteiger partial charge in [-0.1, -0.05) is 23.2 Å². The quantitative estimate of drug-likeness (QED) is 0.885. The van der Waals surface area contributed by atoms with Gasteiger partial charge in [0.15, 0.2) is 0 Å². The van der Waals surface area contributed by atoms with E-state index >= 15 is 0 Å². The maximum absolute atomic E-state index is 5.98. The molecule has 2 rings (SSSR count). The molecule has 100 valence electrons. The zero-order chi connectivity index (χ0) is 13.8. The SMILES string of the molecule is CCNc1ncc(C)c(Nc2ccc(Cl)c(Cl)c2)n1. The van der Waals surface area contributed by atoms with E-state index in [-0.39, 0.29) is 0 Å². The van der Waals surface area contributed by atoms with Gasteiger partial charge in [0.25, 0.3) is 0 Å². The van der Waals surface area contributed by atoms with E-state index in [9.17, 15) is 0 Å². The highest BCUT2D eigenvalue weighted by Crippen LogP contribution is 2.27. The first kappa shape index (κ1) is 13.9. The molecule has 0 saturated carbocycles. The summed E-state index contributed by atoms with van der Waals surface area (Å²) in [5, 5.41) is 7.31. The lowest BCUT2D eigenvalue weighted by Gasteiger charge is -2.10. The fraction of sp³-hybridized carbons (Fsp3) is 0.231. The van der Waals surface area contributed by atoms with Crippen molar-refractivity contribution in [3.05, 3.63) is 40.0 Å². The van der Waals surface area contributed by atoms with E-state index < -0.39 is 0 Å². The van der Waals surface area contributed by atoms with Crippen LogP contribution >= 0.6 is 23.2 Å². The second-order valence-electron chi connectivity index (χ2n) is 4.01. The summed E-state index contributed by atoms with van der Waals surface area (Å²) in [6.07, 6.45) is 1.77. The van der Waals surface area contributed by atoms with E-state index in [1.165, 1.54) is 0 Å². The summed E-state index contributed by atoms with van der Waals surface area (Å²) in [6, 6.07) is 5.36. The molecule has 0 atom stereocenters. The van der Waals surface area contributed by atoms with Crippen molar-refractivity contribution in [1.29, 1.82) is 0 Å². The van der Waals surface area contributed by atoms with Crippen molar-refractivity contribution in [2.45, 2.75) is 13.8 Å². The van der Waals surface area contributed by atoms with Crippen LogP contribution in [0.2, 0.25) is 10.0 Å². The highest BCUT2D eigenvalue weighted by molar-refractivity contribution is 6.42. The first-order valence-corrected chi connectivity index (χ1v) is 6.65. The molecule has 0 aliphatic heterocycles. The van der Waals surface area contributed by atoms with E-state index in [0.29, 0.717) is 16.0 Å². The number of hydrogen-bond acceptors (Lipinski definition) is 4. The van der Waals surface area contributed by atoms with Gasteiger partial charge in [0, 0.05) is 24.0 Å². The van der Waals surface area contributed by atoms with Gasteiger partial charge in [-0.15, -0.1) is 0 Å². The van der Waals surface area contributed by atoms with Crippen molar-refractivity contribution < 1.29 is 0 Å². The minimum Gasteiger partial charge on any atom is -0.354 e. The van der Waals surface area contributed by atoms with Crippen LogP contribution in [0.4, 0.5) is 17.5 Å². The van der Waals surface area contributed by atoms with E-state index in [0.717, 1.165) is 23.6 Å². The number of nitrogens with zero attached hydrogens (tertiary/aromatic N) is 2. The number of benzene rings is 1. The van der Waals surface area contributed by atoms with Gasteiger partial charge in [0.2, 0.25) is 5.95 Å². The predicted octanol–water partition coefficient (Wildman–Crippen LogP) is 4.27. The third-order valence-corrected chi connectivity index (χ3v) is 3.23. The second-order valence-corrected chi connectivity index (χ2v) is 4.82. The molecule has 2 N–H and O–H groups in total. The minimum atomic E-state index is 0.505. The van der Waals surface area contributed by atoms with Gasteiger partial charge in [0.05, 0.1) is 10.0 Å². The minimum absolute atomic E-state index is 0.505. The van der Waals surface area contributed by atoms with Crippen LogP contribution in [0, 0.1) is 6.92 Å². The van der Waals surface area contributed by atoms with Gasteiger partial charge in [0.1, 0.15) is 5.82 Å². The lowest BCUT2D eigenvalue weighted by molar-refractivity contribution is 1.07. The van der Waals surface area contributed by atoms with Crippen molar-refractivity contribution in [2.75, 3.05) is 17.2 Å². The summed E-state index contributed by atoms with van der Waals surface area (Å²) in [7, 11) is 0. The Kier molecular flexibility index (Phi) is 4.45. The molecular weight excluding hydrogens is 283 g/mol. The summed E-state index contributed by atoms with van der Waals surface area (Å²) >= 11 is 11.9. The Morgan fingerprint density at radius 1 is 1.21 bits per heavy atom. The van der Waals surface area contributed by atoms with E-state index in [2.05, 4.69) is 20.6 Å². The molecular formula is C13H14Cl2N4. The molecule has 1 aromatic heterocycles. The van der Waals surface area contributed by atoms with Crippen LogP contribution in [0.25, 0.3) is 0 Å². The van der Waals surface area contributed by atoms with Gasteiger partial charge in [-0.05, 0) is 32.0 Å². The number of hydrogen-bond donors (Lipinski definition) is 2. The van der Waals surface area contributed by atoms with Crippen LogP contribution in [0.5, 0.6) is 0 Å². The Morgan fingerprint density at radius 2 is 2.00 bits per heavy atom. The zero-order valence-corrected chi connectivity index (χ0v) is 12.2. The maximum Gasteiger partial charge on any atom is 0.224 e. The highest BCUT2D eigenvalue weighted by Gasteiger charge is 2.05. The Morgan fingerprint density at radius 3 is 2.68 bits per heavy atom. The Bertz CT molecular complexity index is 587. The topological polar surface area (TPSA) is 49.8 Å². The number of nitrogens with one attached hydrogen (secondary N) is 2. The smallest absolute Gasteiger partial charge is 0.224 e. The number of aryl methyl sites for hydroxylation is 1. The van der Waals surface area contributed by atoms with E-state index in [1.807, 2.05) is 19.9 Å². The van der Waals surface area contributed by atoms with Crippen LogP contribution in [-0.2, 0) is 0 Å². The summed E-state index contributed by atoms with van der Waals surface area (Å²) in [4.78, 5) is 8.59. The van der Waals surface area contributed by atoms with Gasteiger partial charge >= 0.3 is 0 Å². The van der Waals surface area contributed by atoms with E-state index in [1.54, 1.807) is 18.3 Å². The molecule has 0 spiro atoms. The monoisotopic (exact) mass is 296 g/mol. The first-order valence-electron chi connectivity index (χ1n) is 5.89. The summed E-state index contributed by atoms with van der Waals surface area (Å²) < 4.78 is 0. The average Bonchev–Trinajstić information content (AvgIpc) is 2.38. The van der Waals surface area contributed by atoms with Crippen molar-refractivity contribution in [3.8, 4) is 0 Å². The molecule has 19 heavy (non-hydrogen) atoms. The van der Waals surface area contributed by atoms with Crippen molar-refractivity contribution >= 4 is 40.7 Å². The molecule has 2 aromatic rings. The molecule has 0 radical (unpaired) electrons. The third-order valence-electron chi connectivity index (χ3n) is 2.49. The molecule has 0 amide bonds. The molecule has 4 nitrogen and oxygen atoms in total. The largest absolute Gasteiger partial charge is 0.354 e. The zero-order valence-electron chi connectivity index (χ0n) is 10.7. The number of aromatic nitrogens is 2. The molecule has 6 heteroatoms. The summed E-state index contributed by atoms with van der Waals surface area (Å²) in [6.45, 7) is 4.71. The summed E-state index contributed by atoms with van der Waals surface area (Å²) in [5.74, 6) is 1.33. The van der Waals surface area contributed by atoms with Gasteiger partial charge in [-0.3, -0.25) is 0 Å². The van der Waals surface area contributed by atoms with Crippen molar-refractivity contribution in [1.82, 2.24) is 9.97 Å². The molecule has 0 saturated heterocycles. The number of anilines is 3. The Hall–Kier alpha value is -1.52. The maximum atomic E-state index is 5.98. The first-order chi connectivity index (χ1) is 9.10.